The van der Waals surface area contributed by atoms with Crippen LogP contribution in [0, 0.1) is 13.8 Å². The zero-order valence-corrected chi connectivity index (χ0v) is 18.3. The van der Waals surface area contributed by atoms with Crippen molar-refractivity contribution in [2.24, 2.45) is 0 Å². The fourth-order valence-electron chi connectivity index (χ4n) is 2.91. The molecule has 0 aliphatic carbocycles. The van der Waals surface area contributed by atoms with Crippen LogP contribution in [0.3, 0.4) is 0 Å². The lowest BCUT2D eigenvalue weighted by Crippen LogP contribution is -2.06. The van der Waals surface area contributed by atoms with Gasteiger partial charge in [0.15, 0.2) is 0 Å². The Labute approximate surface area is 165 Å². The second-order valence-electron chi connectivity index (χ2n) is 5.56. The predicted molar refractivity (Wildman–Crippen MR) is 121 cm³/mol. The average Bonchev–Trinajstić information content (AvgIpc) is 2.55. The van der Waals surface area contributed by atoms with Crippen LogP contribution in [0.2, 0.25) is 0 Å². The van der Waals surface area contributed by atoms with E-state index in [1.54, 1.807) is 0 Å². The van der Waals surface area contributed by atoms with Crippen LogP contribution in [0.5, 0.6) is 0 Å². The van der Waals surface area contributed by atoms with Gasteiger partial charge in [-0.1, -0.05) is 66.7 Å². The molecule has 0 aliphatic rings. The van der Waals surface area contributed by atoms with Gasteiger partial charge in [0.25, 0.3) is 0 Å². The Hall–Kier alpha value is -0.450. The number of aryl methyl sites for hydroxylation is 2. The minimum absolute atomic E-state index is 0.269. The molecule has 0 aromatic heterocycles. The van der Waals surface area contributed by atoms with E-state index < -0.39 is 0 Å². The van der Waals surface area contributed by atoms with Gasteiger partial charge < -0.3 is 0 Å². The van der Waals surface area contributed by atoms with Gasteiger partial charge in [-0.15, -0.1) is 0 Å². The Morgan fingerprint density at radius 2 is 0.957 bits per heavy atom. The summed E-state index contributed by atoms with van der Waals surface area (Å²) in [5.41, 5.74) is 8.11. The predicted octanol–water partition coefficient (Wildman–Crippen LogP) is 7.44. The minimum Gasteiger partial charge on any atom is -0.0620 e. The van der Waals surface area contributed by atoms with E-state index in [0.29, 0.717) is 0 Å². The van der Waals surface area contributed by atoms with E-state index in [1.807, 2.05) is 0 Å². The second-order valence-corrected chi connectivity index (χ2v) is 17.8. The van der Waals surface area contributed by atoms with Crippen molar-refractivity contribution in [1.29, 1.82) is 0 Å². The van der Waals surface area contributed by atoms with Crippen molar-refractivity contribution in [3.63, 3.8) is 0 Å². The minimum atomic E-state index is -0.269. The van der Waals surface area contributed by atoms with Gasteiger partial charge in [0.1, 0.15) is 0 Å². The van der Waals surface area contributed by atoms with Gasteiger partial charge in [0, 0.05) is 5.30 Å². The maximum absolute atomic E-state index is 2.59. The molecule has 3 aromatic rings. The zero-order chi connectivity index (χ0) is 16.4. The van der Waals surface area contributed by atoms with Crippen molar-refractivity contribution in [3.05, 3.63) is 77.9 Å². The van der Waals surface area contributed by atoms with E-state index in [-0.39, 0.29) is 3.21 Å². The summed E-state index contributed by atoms with van der Waals surface area (Å²) in [6, 6.07) is 24.1. The molecule has 0 radical (unpaired) electrons. The second kappa shape index (κ2) is 7.62. The van der Waals surface area contributed by atoms with Crippen LogP contribution in [0.15, 0.2) is 66.7 Å². The number of hydrogen-bond acceptors (Lipinski definition) is 0. The first kappa shape index (κ1) is 17.4. The molecule has 0 N–H and O–H groups in total. The zero-order valence-electron chi connectivity index (χ0n) is 13.1. The van der Waals surface area contributed by atoms with Crippen molar-refractivity contribution >= 4 is 52.6 Å². The van der Waals surface area contributed by atoms with Crippen molar-refractivity contribution < 1.29 is 0 Å². The monoisotopic (exact) mass is 542 g/mol. The van der Waals surface area contributed by atoms with Crippen LogP contribution in [0.25, 0.3) is 22.3 Å². The highest BCUT2D eigenvalue weighted by Gasteiger charge is 2.18. The molecule has 116 valence electrons. The Kier molecular flexibility index (Phi) is 5.76. The summed E-state index contributed by atoms with van der Waals surface area (Å²) in [5.74, 6) is 0. The van der Waals surface area contributed by atoms with Gasteiger partial charge >= 0.3 is 0 Å². The van der Waals surface area contributed by atoms with Crippen LogP contribution in [-0.2, 0) is 0 Å². The molecule has 0 saturated heterocycles. The molecule has 0 atom stereocenters. The summed E-state index contributed by atoms with van der Waals surface area (Å²) in [6.07, 6.45) is 0. The Balaban J connectivity index is 2.30. The van der Waals surface area contributed by atoms with Crippen molar-refractivity contribution in [2.45, 2.75) is 13.8 Å². The summed E-state index contributed by atoms with van der Waals surface area (Å²) in [4.78, 5) is 0. The number of hydrogen-bond donors (Lipinski definition) is 0. The smallest absolute Gasteiger partial charge is 0.0567 e. The standard InChI is InChI=1S/C20H17I2P/c1-14-8-3-5-10-16(14)18-12-7-13-19(20(18)23(21)22)17-11-6-4-9-15(17)2/h3-13H,1-2H3. The molecule has 3 heteroatoms. The summed E-state index contributed by atoms with van der Waals surface area (Å²) < 4.78 is -0.269. The average molecular weight is 542 g/mol. The van der Waals surface area contributed by atoms with Gasteiger partial charge in [-0.25, -0.2) is 0 Å². The highest BCUT2D eigenvalue weighted by molar-refractivity contribution is 14.3. The van der Waals surface area contributed by atoms with Gasteiger partial charge in [-0.05, 0) is 91.3 Å². The lowest BCUT2D eigenvalue weighted by molar-refractivity contribution is 1.45. The lowest BCUT2D eigenvalue weighted by atomic mass is 9.94. The normalized spacial score (nSPS) is 11.0. The Morgan fingerprint density at radius 3 is 1.35 bits per heavy atom. The molecule has 0 spiro atoms. The molecular weight excluding hydrogens is 525 g/mol. The Morgan fingerprint density at radius 1 is 0.565 bits per heavy atom. The number of benzene rings is 3. The maximum atomic E-state index is 2.59. The molecule has 3 rings (SSSR count). The topological polar surface area (TPSA) is 0 Å². The lowest BCUT2D eigenvalue weighted by Gasteiger charge is -2.19. The molecular formula is C20H17I2P. The summed E-state index contributed by atoms with van der Waals surface area (Å²) in [6.45, 7) is 4.39. The summed E-state index contributed by atoms with van der Waals surface area (Å²) in [7, 11) is 0. The molecule has 0 bridgehead atoms. The molecule has 0 fully saturated rings. The van der Waals surface area contributed by atoms with Gasteiger partial charge in [0.2, 0.25) is 0 Å². The van der Waals surface area contributed by atoms with Gasteiger partial charge in [-0.2, -0.15) is 0 Å². The molecule has 0 aliphatic heterocycles. The quantitative estimate of drug-likeness (QED) is 0.239. The van der Waals surface area contributed by atoms with E-state index in [0.717, 1.165) is 0 Å². The SMILES string of the molecule is Cc1ccccc1-c1cccc(-c2ccccc2C)c1P(I)I. The molecule has 23 heavy (non-hydrogen) atoms. The van der Waals surface area contributed by atoms with E-state index in [4.69, 9.17) is 0 Å². The number of halogens is 2. The van der Waals surface area contributed by atoms with E-state index >= 15 is 0 Å². The third kappa shape index (κ3) is 3.64. The fourth-order valence-corrected chi connectivity index (χ4v) is 6.78. The molecule has 0 unspecified atom stereocenters. The summed E-state index contributed by atoms with van der Waals surface area (Å²) >= 11 is 5.18. The molecule has 0 heterocycles. The fraction of sp³-hybridized carbons (Fsp3) is 0.100. The van der Waals surface area contributed by atoms with Crippen LogP contribution < -0.4 is 5.30 Å². The van der Waals surface area contributed by atoms with Crippen LogP contribution in [0.4, 0.5) is 0 Å². The maximum Gasteiger partial charge on any atom is 0.0567 e. The van der Waals surface area contributed by atoms with Crippen molar-refractivity contribution in [2.75, 3.05) is 0 Å². The first-order valence-electron chi connectivity index (χ1n) is 7.46. The van der Waals surface area contributed by atoms with Crippen molar-refractivity contribution in [1.82, 2.24) is 0 Å². The molecule has 0 amide bonds. The van der Waals surface area contributed by atoms with Gasteiger partial charge in [-0.3, -0.25) is 0 Å². The van der Waals surface area contributed by atoms with Crippen LogP contribution in [-0.4, -0.2) is 0 Å². The third-order valence-electron chi connectivity index (χ3n) is 4.08. The highest BCUT2D eigenvalue weighted by Crippen LogP contribution is 2.56. The first-order chi connectivity index (χ1) is 11.1. The van der Waals surface area contributed by atoms with Crippen molar-refractivity contribution in [3.8, 4) is 22.3 Å². The van der Waals surface area contributed by atoms with Crippen LogP contribution in [0.1, 0.15) is 11.1 Å². The highest BCUT2D eigenvalue weighted by atomic mass is 127. The third-order valence-corrected chi connectivity index (χ3v) is 7.79. The largest absolute Gasteiger partial charge is 0.0620 e. The van der Waals surface area contributed by atoms with E-state index in [2.05, 4.69) is 125 Å². The molecule has 0 nitrogen and oxygen atoms in total. The molecule has 0 saturated carbocycles. The molecule has 3 aromatic carbocycles. The summed E-state index contributed by atoms with van der Waals surface area (Å²) in [5, 5.41) is 1.48. The number of rotatable bonds is 3. The Bertz CT molecular complexity index is 777. The first-order valence-corrected chi connectivity index (χ1v) is 14.4. The van der Waals surface area contributed by atoms with E-state index in [9.17, 15) is 0 Å². The van der Waals surface area contributed by atoms with Gasteiger partial charge in [0.05, 0.1) is 3.21 Å². The van der Waals surface area contributed by atoms with E-state index in [1.165, 1.54) is 38.7 Å². The van der Waals surface area contributed by atoms with Crippen LogP contribution >= 0.6 is 47.3 Å².